The van der Waals surface area contributed by atoms with Gasteiger partial charge in [-0.05, 0) is 16.7 Å². The lowest BCUT2D eigenvalue weighted by Gasteiger charge is -2.23. The number of hydrogen-bond acceptors (Lipinski definition) is 2. The van der Waals surface area contributed by atoms with Gasteiger partial charge in [0.2, 0.25) is 0 Å². The molecule has 1 rings (SSSR count). The second-order valence-electron chi connectivity index (χ2n) is 2.60. The van der Waals surface area contributed by atoms with E-state index < -0.39 is 0 Å². The standard InChI is InChI=1S/C8H14S2/c1-4-8-5-9-6(2)7(3)10-8/h5-7H,4H2,1-3H3. The first kappa shape index (κ1) is 8.54. The van der Waals surface area contributed by atoms with Crippen LogP contribution in [0.5, 0.6) is 0 Å². The van der Waals surface area contributed by atoms with Crippen LogP contribution in [0.1, 0.15) is 27.2 Å². The molecule has 1 aliphatic rings. The molecular weight excluding hydrogens is 160 g/mol. The summed E-state index contributed by atoms with van der Waals surface area (Å²) in [7, 11) is 0. The first-order chi connectivity index (χ1) is 4.74. The molecule has 0 saturated heterocycles. The Morgan fingerprint density at radius 3 is 2.60 bits per heavy atom. The number of rotatable bonds is 1. The van der Waals surface area contributed by atoms with E-state index in [0.29, 0.717) is 0 Å². The molecule has 0 fully saturated rings. The van der Waals surface area contributed by atoms with E-state index >= 15 is 0 Å². The monoisotopic (exact) mass is 174 g/mol. The normalized spacial score (nSPS) is 33.7. The molecule has 0 radical (unpaired) electrons. The summed E-state index contributed by atoms with van der Waals surface area (Å²) in [6, 6.07) is 0. The zero-order chi connectivity index (χ0) is 7.56. The fourth-order valence-electron chi connectivity index (χ4n) is 0.823. The number of allylic oxidation sites excluding steroid dienone is 1. The Balaban J connectivity index is 2.52. The Bertz CT molecular complexity index is 140. The molecule has 10 heavy (non-hydrogen) atoms. The molecule has 0 saturated carbocycles. The van der Waals surface area contributed by atoms with Crippen molar-refractivity contribution in [3.8, 4) is 0 Å². The first-order valence-corrected chi connectivity index (χ1v) is 5.57. The second-order valence-corrected chi connectivity index (χ2v) is 5.36. The van der Waals surface area contributed by atoms with Crippen molar-refractivity contribution in [3.63, 3.8) is 0 Å². The summed E-state index contributed by atoms with van der Waals surface area (Å²) in [4.78, 5) is 1.55. The molecule has 0 aliphatic carbocycles. The summed E-state index contributed by atoms with van der Waals surface area (Å²) in [5.74, 6) is 0. The number of hydrogen-bond donors (Lipinski definition) is 0. The molecule has 58 valence electrons. The lowest BCUT2D eigenvalue weighted by molar-refractivity contribution is 0.927. The molecule has 2 heteroatoms. The highest BCUT2D eigenvalue weighted by atomic mass is 32.2. The predicted octanol–water partition coefficient (Wildman–Crippen LogP) is 3.49. The van der Waals surface area contributed by atoms with E-state index in [1.165, 1.54) is 6.42 Å². The average Bonchev–Trinajstić information content (AvgIpc) is 1.95. The van der Waals surface area contributed by atoms with E-state index in [9.17, 15) is 0 Å². The fraction of sp³-hybridized carbons (Fsp3) is 0.750. The van der Waals surface area contributed by atoms with Crippen molar-refractivity contribution in [2.24, 2.45) is 0 Å². The van der Waals surface area contributed by atoms with Crippen molar-refractivity contribution in [3.05, 3.63) is 10.3 Å². The van der Waals surface area contributed by atoms with E-state index in [2.05, 4.69) is 26.2 Å². The highest BCUT2D eigenvalue weighted by Gasteiger charge is 2.17. The van der Waals surface area contributed by atoms with Crippen molar-refractivity contribution < 1.29 is 0 Å². The highest BCUT2D eigenvalue weighted by Crippen LogP contribution is 2.38. The molecule has 0 aromatic rings. The van der Waals surface area contributed by atoms with E-state index in [0.717, 1.165) is 10.5 Å². The van der Waals surface area contributed by atoms with Crippen molar-refractivity contribution >= 4 is 23.5 Å². The maximum Gasteiger partial charge on any atom is 0.0183 e. The fourth-order valence-corrected chi connectivity index (χ4v) is 3.16. The largest absolute Gasteiger partial charge is 0.129 e. The molecule has 0 amide bonds. The predicted molar refractivity (Wildman–Crippen MR) is 52.5 cm³/mol. The molecule has 0 aromatic carbocycles. The minimum atomic E-state index is 0.792. The SMILES string of the molecule is CCC1=CSC(C)C(C)S1. The molecule has 0 N–H and O–H groups in total. The van der Waals surface area contributed by atoms with Crippen LogP contribution in [-0.4, -0.2) is 10.5 Å². The molecule has 0 spiro atoms. The van der Waals surface area contributed by atoms with Gasteiger partial charge in [0.15, 0.2) is 0 Å². The Hall–Kier alpha value is 0.440. The molecule has 0 bridgehead atoms. The smallest absolute Gasteiger partial charge is 0.0183 e. The summed E-state index contributed by atoms with van der Waals surface area (Å²) in [5, 5.41) is 3.90. The van der Waals surface area contributed by atoms with Crippen LogP contribution in [0.15, 0.2) is 10.3 Å². The van der Waals surface area contributed by atoms with Crippen LogP contribution in [0.2, 0.25) is 0 Å². The molecule has 1 aliphatic heterocycles. The lowest BCUT2D eigenvalue weighted by Crippen LogP contribution is -2.14. The van der Waals surface area contributed by atoms with E-state index in [-0.39, 0.29) is 0 Å². The number of thioether (sulfide) groups is 2. The van der Waals surface area contributed by atoms with Crippen LogP contribution in [0, 0.1) is 0 Å². The van der Waals surface area contributed by atoms with E-state index in [1.54, 1.807) is 4.91 Å². The minimum Gasteiger partial charge on any atom is -0.129 e. The summed E-state index contributed by atoms with van der Waals surface area (Å²) in [6.45, 7) is 6.83. The molecule has 0 aromatic heterocycles. The van der Waals surface area contributed by atoms with Gasteiger partial charge in [0, 0.05) is 10.5 Å². The van der Waals surface area contributed by atoms with Gasteiger partial charge in [-0.15, -0.1) is 23.5 Å². The Labute approximate surface area is 71.8 Å². The third kappa shape index (κ3) is 1.96. The van der Waals surface area contributed by atoms with Gasteiger partial charge in [-0.25, -0.2) is 0 Å². The van der Waals surface area contributed by atoms with Gasteiger partial charge in [-0.3, -0.25) is 0 Å². The molecule has 1 heterocycles. The van der Waals surface area contributed by atoms with Gasteiger partial charge in [0.1, 0.15) is 0 Å². The Morgan fingerprint density at radius 2 is 2.10 bits per heavy atom. The maximum absolute atomic E-state index is 2.31. The van der Waals surface area contributed by atoms with Gasteiger partial charge >= 0.3 is 0 Å². The highest BCUT2D eigenvalue weighted by molar-refractivity contribution is 8.10. The maximum atomic E-state index is 2.31. The quantitative estimate of drug-likeness (QED) is 0.597. The van der Waals surface area contributed by atoms with Crippen LogP contribution in [0.4, 0.5) is 0 Å². The Morgan fingerprint density at radius 1 is 1.40 bits per heavy atom. The van der Waals surface area contributed by atoms with Crippen LogP contribution in [-0.2, 0) is 0 Å². The van der Waals surface area contributed by atoms with Crippen molar-refractivity contribution in [2.45, 2.75) is 37.7 Å². The van der Waals surface area contributed by atoms with Crippen molar-refractivity contribution in [2.75, 3.05) is 0 Å². The average molecular weight is 174 g/mol. The molecule has 0 nitrogen and oxygen atoms in total. The van der Waals surface area contributed by atoms with Gasteiger partial charge < -0.3 is 0 Å². The molecule has 2 atom stereocenters. The summed E-state index contributed by atoms with van der Waals surface area (Å²) >= 11 is 4.01. The first-order valence-electron chi connectivity index (χ1n) is 3.75. The minimum absolute atomic E-state index is 0.792. The van der Waals surface area contributed by atoms with Crippen LogP contribution >= 0.6 is 23.5 Å². The third-order valence-corrected chi connectivity index (χ3v) is 4.83. The summed E-state index contributed by atoms with van der Waals surface area (Å²) < 4.78 is 0. The topological polar surface area (TPSA) is 0 Å². The molecular formula is C8H14S2. The van der Waals surface area contributed by atoms with Crippen molar-refractivity contribution in [1.29, 1.82) is 0 Å². The second kappa shape index (κ2) is 3.72. The zero-order valence-electron chi connectivity index (χ0n) is 6.76. The lowest BCUT2D eigenvalue weighted by atomic mass is 10.4. The summed E-state index contributed by atoms with van der Waals surface area (Å²) in [5.41, 5.74) is 0. The van der Waals surface area contributed by atoms with Gasteiger partial charge in [-0.2, -0.15) is 0 Å². The van der Waals surface area contributed by atoms with Gasteiger partial charge in [0.05, 0.1) is 0 Å². The van der Waals surface area contributed by atoms with Crippen LogP contribution in [0.3, 0.4) is 0 Å². The van der Waals surface area contributed by atoms with Crippen molar-refractivity contribution in [1.82, 2.24) is 0 Å². The van der Waals surface area contributed by atoms with Crippen LogP contribution in [0.25, 0.3) is 0 Å². The summed E-state index contributed by atoms with van der Waals surface area (Å²) in [6.07, 6.45) is 1.20. The van der Waals surface area contributed by atoms with Gasteiger partial charge in [-0.1, -0.05) is 20.8 Å². The van der Waals surface area contributed by atoms with E-state index in [4.69, 9.17) is 0 Å². The van der Waals surface area contributed by atoms with E-state index in [1.807, 2.05) is 23.5 Å². The third-order valence-electron chi connectivity index (χ3n) is 1.76. The van der Waals surface area contributed by atoms with Gasteiger partial charge in [0.25, 0.3) is 0 Å². The van der Waals surface area contributed by atoms with Crippen LogP contribution < -0.4 is 0 Å². The zero-order valence-corrected chi connectivity index (χ0v) is 8.39. The molecule has 2 unspecified atom stereocenters. The Kier molecular flexibility index (Phi) is 3.18.